The van der Waals surface area contributed by atoms with Gasteiger partial charge in [0.15, 0.2) is 0 Å². The van der Waals surface area contributed by atoms with Crippen LogP contribution >= 0.6 is 11.3 Å². The Labute approximate surface area is 133 Å². The lowest BCUT2D eigenvalue weighted by atomic mass is 10.1. The monoisotopic (exact) mass is 303 g/mol. The molecule has 0 saturated carbocycles. The number of nitrogens with one attached hydrogen (secondary N) is 1. The number of amides is 1. The molecule has 1 amide bonds. The Bertz CT molecular complexity index is 809. The molecule has 0 aliphatic heterocycles. The highest BCUT2D eigenvalue weighted by molar-refractivity contribution is 7.12. The minimum absolute atomic E-state index is 0.0851. The molecule has 0 bridgehead atoms. The van der Waals surface area contributed by atoms with E-state index in [4.69, 9.17) is 0 Å². The minimum atomic E-state index is -0.0851. The van der Waals surface area contributed by atoms with Crippen molar-refractivity contribution in [3.63, 3.8) is 0 Å². The molecule has 1 heterocycles. The summed E-state index contributed by atoms with van der Waals surface area (Å²) in [6, 6.07) is 21.0. The van der Waals surface area contributed by atoms with Crippen LogP contribution in [0.1, 0.15) is 20.8 Å². The van der Waals surface area contributed by atoms with Crippen molar-refractivity contribution in [2.75, 3.05) is 5.32 Å². The molecule has 2 nitrogen and oxygen atoms in total. The van der Waals surface area contributed by atoms with Gasteiger partial charge in [0.1, 0.15) is 0 Å². The van der Waals surface area contributed by atoms with Crippen LogP contribution in [0, 0.1) is 11.8 Å². The Morgan fingerprint density at radius 1 is 0.818 bits per heavy atom. The van der Waals surface area contributed by atoms with Gasteiger partial charge in [-0.1, -0.05) is 36.1 Å². The van der Waals surface area contributed by atoms with Crippen LogP contribution in [0.5, 0.6) is 0 Å². The highest BCUT2D eigenvalue weighted by Crippen LogP contribution is 2.14. The number of thiophene rings is 1. The third-order valence-corrected chi connectivity index (χ3v) is 3.88. The summed E-state index contributed by atoms with van der Waals surface area (Å²) in [5, 5.41) is 4.75. The molecule has 2 aromatic carbocycles. The van der Waals surface area contributed by atoms with E-state index in [2.05, 4.69) is 17.2 Å². The van der Waals surface area contributed by atoms with Crippen LogP contribution in [0.15, 0.2) is 72.1 Å². The average Bonchev–Trinajstić information content (AvgIpc) is 3.10. The maximum absolute atomic E-state index is 11.9. The second-order valence-corrected chi connectivity index (χ2v) is 5.57. The predicted octanol–water partition coefficient (Wildman–Crippen LogP) is 4.40. The van der Waals surface area contributed by atoms with Crippen molar-refractivity contribution in [2.24, 2.45) is 0 Å². The summed E-state index contributed by atoms with van der Waals surface area (Å²) in [5.41, 5.74) is 2.67. The predicted molar refractivity (Wildman–Crippen MR) is 91.1 cm³/mol. The summed E-state index contributed by atoms with van der Waals surface area (Å²) in [4.78, 5) is 12.6. The first-order chi connectivity index (χ1) is 10.8. The number of carbonyl (C=O) groups is 1. The first-order valence-corrected chi connectivity index (χ1v) is 7.71. The van der Waals surface area contributed by atoms with Gasteiger partial charge in [-0.25, -0.2) is 0 Å². The lowest BCUT2D eigenvalue weighted by molar-refractivity contribution is 0.103. The Hall–Kier alpha value is -2.83. The fourth-order valence-electron chi connectivity index (χ4n) is 1.90. The van der Waals surface area contributed by atoms with Gasteiger partial charge in [-0.3, -0.25) is 4.79 Å². The van der Waals surface area contributed by atoms with Gasteiger partial charge in [-0.15, -0.1) is 11.3 Å². The van der Waals surface area contributed by atoms with Gasteiger partial charge >= 0.3 is 0 Å². The van der Waals surface area contributed by atoms with Gasteiger partial charge in [0.2, 0.25) is 0 Å². The van der Waals surface area contributed by atoms with E-state index in [1.807, 2.05) is 66.0 Å². The standard InChI is InChI=1S/C19H13NOS/c21-19(18-7-4-14-22-18)20-17-12-10-16(11-13-17)9-8-15-5-2-1-3-6-15/h1-7,10-14H,(H,20,21). The number of hydrogen-bond donors (Lipinski definition) is 1. The van der Waals surface area contributed by atoms with Crippen LogP contribution in [0.4, 0.5) is 5.69 Å². The van der Waals surface area contributed by atoms with E-state index in [1.54, 1.807) is 6.07 Å². The molecule has 1 aromatic heterocycles. The molecule has 0 saturated heterocycles. The van der Waals surface area contributed by atoms with E-state index in [0.29, 0.717) is 4.88 Å². The number of anilines is 1. The van der Waals surface area contributed by atoms with Gasteiger partial charge in [-0.2, -0.15) is 0 Å². The lowest BCUT2D eigenvalue weighted by Crippen LogP contribution is -2.09. The molecular formula is C19H13NOS. The fraction of sp³-hybridized carbons (Fsp3) is 0. The quantitative estimate of drug-likeness (QED) is 0.698. The Morgan fingerprint density at radius 2 is 1.50 bits per heavy atom. The lowest BCUT2D eigenvalue weighted by Gasteiger charge is -2.03. The Morgan fingerprint density at radius 3 is 2.14 bits per heavy atom. The van der Waals surface area contributed by atoms with Crippen LogP contribution in [0.3, 0.4) is 0 Å². The number of benzene rings is 2. The van der Waals surface area contributed by atoms with Crippen LogP contribution in [0.2, 0.25) is 0 Å². The van der Waals surface area contributed by atoms with Crippen molar-refractivity contribution >= 4 is 22.9 Å². The molecule has 0 fully saturated rings. The van der Waals surface area contributed by atoms with Crippen LogP contribution in [0.25, 0.3) is 0 Å². The second kappa shape index (κ2) is 6.75. The fourth-order valence-corrected chi connectivity index (χ4v) is 2.52. The van der Waals surface area contributed by atoms with Gasteiger partial charge in [0.05, 0.1) is 4.88 Å². The van der Waals surface area contributed by atoms with Crippen molar-refractivity contribution in [1.82, 2.24) is 0 Å². The molecule has 106 valence electrons. The summed E-state index contributed by atoms with van der Waals surface area (Å²) in [6.07, 6.45) is 0. The zero-order chi connectivity index (χ0) is 15.2. The number of rotatable bonds is 2. The average molecular weight is 303 g/mol. The molecule has 0 atom stereocenters. The smallest absolute Gasteiger partial charge is 0.265 e. The topological polar surface area (TPSA) is 29.1 Å². The van der Waals surface area contributed by atoms with Crippen molar-refractivity contribution in [1.29, 1.82) is 0 Å². The van der Waals surface area contributed by atoms with Crippen molar-refractivity contribution < 1.29 is 4.79 Å². The number of carbonyl (C=O) groups excluding carboxylic acids is 1. The van der Waals surface area contributed by atoms with Gasteiger partial charge in [-0.05, 0) is 47.8 Å². The van der Waals surface area contributed by atoms with E-state index in [9.17, 15) is 4.79 Å². The first kappa shape index (κ1) is 14.1. The van der Waals surface area contributed by atoms with Gasteiger partial charge in [0, 0.05) is 16.8 Å². The van der Waals surface area contributed by atoms with E-state index >= 15 is 0 Å². The largest absolute Gasteiger partial charge is 0.321 e. The molecule has 0 aliphatic carbocycles. The zero-order valence-electron chi connectivity index (χ0n) is 11.7. The molecule has 22 heavy (non-hydrogen) atoms. The molecule has 0 radical (unpaired) electrons. The van der Waals surface area contributed by atoms with Crippen LogP contribution in [-0.2, 0) is 0 Å². The maximum Gasteiger partial charge on any atom is 0.265 e. The molecule has 0 spiro atoms. The highest BCUT2D eigenvalue weighted by Gasteiger charge is 2.06. The SMILES string of the molecule is O=C(Nc1ccc(C#Cc2ccccc2)cc1)c1cccs1. The second-order valence-electron chi connectivity index (χ2n) is 4.62. The normalized spacial score (nSPS) is 9.64. The molecule has 0 aliphatic rings. The molecule has 0 unspecified atom stereocenters. The molecule has 1 N–H and O–H groups in total. The van der Waals surface area contributed by atoms with Crippen LogP contribution < -0.4 is 5.32 Å². The highest BCUT2D eigenvalue weighted by atomic mass is 32.1. The van der Waals surface area contributed by atoms with Crippen LogP contribution in [-0.4, -0.2) is 5.91 Å². The molecule has 3 aromatic rings. The Balaban J connectivity index is 1.68. The maximum atomic E-state index is 11.9. The minimum Gasteiger partial charge on any atom is -0.321 e. The van der Waals surface area contributed by atoms with Gasteiger partial charge < -0.3 is 5.32 Å². The summed E-state index contributed by atoms with van der Waals surface area (Å²) >= 11 is 1.42. The molecule has 3 heteroatoms. The summed E-state index contributed by atoms with van der Waals surface area (Å²) in [7, 11) is 0. The molecular weight excluding hydrogens is 290 g/mol. The summed E-state index contributed by atoms with van der Waals surface area (Å²) < 4.78 is 0. The van der Waals surface area contributed by atoms with E-state index in [1.165, 1.54) is 11.3 Å². The summed E-state index contributed by atoms with van der Waals surface area (Å²) in [5.74, 6) is 6.13. The van der Waals surface area contributed by atoms with E-state index < -0.39 is 0 Å². The third-order valence-electron chi connectivity index (χ3n) is 3.01. The van der Waals surface area contributed by atoms with E-state index in [0.717, 1.165) is 16.8 Å². The van der Waals surface area contributed by atoms with E-state index in [-0.39, 0.29) is 5.91 Å². The zero-order valence-corrected chi connectivity index (χ0v) is 12.6. The van der Waals surface area contributed by atoms with Gasteiger partial charge in [0.25, 0.3) is 5.91 Å². The number of hydrogen-bond acceptors (Lipinski definition) is 2. The Kier molecular flexibility index (Phi) is 4.33. The van der Waals surface area contributed by atoms with Crippen molar-refractivity contribution in [2.45, 2.75) is 0 Å². The first-order valence-electron chi connectivity index (χ1n) is 6.83. The van der Waals surface area contributed by atoms with Crippen molar-refractivity contribution in [3.05, 3.63) is 88.1 Å². The summed E-state index contributed by atoms with van der Waals surface area (Å²) in [6.45, 7) is 0. The van der Waals surface area contributed by atoms with Crippen molar-refractivity contribution in [3.8, 4) is 11.8 Å². The molecule has 3 rings (SSSR count). The third kappa shape index (κ3) is 3.63.